The van der Waals surface area contributed by atoms with Crippen LogP contribution in [0.25, 0.3) is 11.0 Å². The van der Waals surface area contributed by atoms with Crippen molar-refractivity contribution in [2.24, 2.45) is 23.7 Å². The van der Waals surface area contributed by atoms with E-state index in [2.05, 4.69) is 42.1 Å². The van der Waals surface area contributed by atoms with Crippen LogP contribution in [0.1, 0.15) is 45.9 Å². The van der Waals surface area contributed by atoms with Crippen molar-refractivity contribution in [1.29, 1.82) is 0 Å². The highest BCUT2D eigenvalue weighted by Crippen LogP contribution is 2.38. The van der Waals surface area contributed by atoms with E-state index < -0.39 is 5.97 Å². The summed E-state index contributed by atoms with van der Waals surface area (Å²) in [6.45, 7) is 7.16. The summed E-state index contributed by atoms with van der Waals surface area (Å²) in [6, 6.07) is 1.92. The molecule has 3 N–H and O–H groups in total. The second-order valence-electron chi connectivity index (χ2n) is 8.39. The number of hydrogen-bond donors (Lipinski definition) is 3. The zero-order chi connectivity index (χ0) is 21.0. The molecule has 2 heterocycles. The number of aromatic nitrogens is 3. The third-order valence-corrected chi connectivity index (χ3v) is 5.96. The van der Waals surface area contributed by atoms with Gasteiger partial charge in [0, 0.05) is 25.6 Å². The van der Waals surface area contributed by atoms with Crippen molar-refractivity contribution < 1.29 is 14.7 Å². The summed E-state index contributed by atoms with van der Waals surface area (Å²) in [4.78, 5) is 34.8. The van der Waals surface area contributed by atoms with Crippen LogP contribution < -0.4 is 5.32 Å². The third kappa shape index (κ3) is 5.43. The quantitative estimate of drug-likeness (QED) is 0.591. The molecule has 1 aliphatic rings. The van der Waals surface area contributed by atoms with Crippen LogP contribution in [-0.2, 0) is 16.0 Å². The lowest BCUT2D eigenvalue weighted by atomic mass is 9.70. The number of pyridine rings is 1. The van der Waals surface area contributed by atoms with Crippen molar-refractivity contribution in [3.8, 4) is 0 Å². The van der Waals surface area contributed by atoms with Gasteiger partial charge in [0.1, 0.15) is 5.82 Å². The molecule has 0 aliphatic heterocycles. The van der Waals surface area contributed by atoms with E-state index in [1.807, 2.05) is 6.07 Å². The Bertz CT molecular complexity index is 869. The van der Waals surface area contributed by atoms with Gasteiger partial charge >= 0.3 is 5.97 Å². The molecule has 7 heteroatoms. The summed E-state index contributed by atoms with van der Waals surface area (Å²) in [6.07, 6.45) is 7.65. The minimum atomic E-state index is -0.946. The zero-order valence-electron chi connectivity index (χ0n) is 17.3. The molecule has 3 rings (SSSR count). The molecular formula is C22H30N4O3. The molecule has 0 aromatic carbocycles. The monoisotopic (exact) mass is 398 g/mol. The summed E-state index contributed by atoms with van der Waals surface area (Å²) >= 11 is 0. The van der Waals surface area contributed by atoms with Gasteiger partial charge in [-0.25, -0.2) is 4.98 Å². The first-order valence-electron chi connectivity index (χ1n) is 10.3. The van der Waals surface area contributed by atoms with E-state index in [-0.39, 0.29) is 24.7 Å². The Balaban J connectivity index is 1.66. The van der Waals surface area contributed by atoms with Crippen LogP contribution in [0.5, 0.6) is 0 Å². The number of allylic oxidation sites excluding steroid dienone is 1. The lowest BCUT2D eigenvalue weighted by Gasteiger charge is -2.37. The van der Waals surface area contributed by atoms with Crippen LogP contribution in [0.2, 0.25) is 0 Å². The van der Waals surface area contributed by atoms with Crippen molar-refractivity contribution >= 4 is 22.9 Å². The highest BCUT2D eigenvalue weighted by Gasteiger charge is 2.32. The minimum Gasteiger partial charge on any atom is -0.481 e. The van der Waals surface area contributed by atoms with Gasteiger partial charge < -0.3 is 15.4 Å². The van der Waals surface area contributed by atoms with Gasteiger partial charge in [-0.15, -0.1) is 0 Å². The first-order valence-corrected chi connectivity index (χ1v) is 10.3. The van der Waals surface area contributed by atoms with E-state index in [0.29, 0.717) is 24.3 Å². The van der Waals surface area contributed by atoms with Gasteiger partial charge in [-0.1, -0.05) is 25.5 Å². The molecule has 0 spiro atoms. The number of aromatic amines is 1. The number of rotatable bonds is 8. The molecule has 2 aromatic heterocycles. The molecule has 3 atom stereocenters. The predicted molar refractivity (Wildman–Crippen MR) is 111 cm³/mol. The lowest BCUT2D eigenvalue weighted by molar-refractivity contribution is -0.138. The molecule has 0 unspecified atom stereocenters. The maximum absolute atomic E-state index is 11.9. The molecule has 156 valence electrons. The number of carbonyl (C=O) groups excluding carboxylic acids is 1. The number of aliphatic carboxylic acids is 1. The fourth-order valence-corrected chi connectivity index (χ4v) is 4.29. The average Bonchev–Trinajstić information content (AvgIpc) is 3.08. The highest BCUT2D eigenvalue weighted by atomic mass is 16.4. The second-order valence-corrected chi connectivity index (χ2v) is 8.39. The zero-order valence-corrected chi connectivity index (χ0v) is 17.3. The van der Waals surface area contributed by atoms with E-state index in [4.69, 9.17) is 10.1 Å². The van der Waals surface area contributed by atoms with Crippen LogP contribution in [0.3, 0.4) is 0 Å². The van der Waals surface area contributed by atoms with Crippen LogP contribution in [0, 0.1) is 23.7 Å². The molecule has 0 saturated carbocycles. The second kappa shape index (κ2) is 9.20. The first kappa shape index (κ1) is 21.0. The minimum absolute atomic E-state index is 0.0284. The summed E-state index contributed by atoms with van der Waals surface area (Å²) in [5.74, 6) is 1.46. The normalized spacial score (nSPS) is 21.9. The summed E-state index contributed by atoms with van der Waals surface area (Å²) in [5, 5.41) is 11.6. The number of nitrogens with one attached hydrogen (secondary N) is 2. The van der Waals surface area contributed by atoms with Crippen molar-refractivity contribution in [3.63, 3.8) is 0 Å². The Morgan fingerprint density at radius 2 is 2.14 bits per heavy atom. The van der Waals surface area contributed by atoms with E-state index in [1.54, 1.807) is 12.4 Å². The van der Waals surface area contributed by atoms with E-state index in [1.165, 1.54) is 5.57 Å². The standard InChI is InChI=1S/C22H30N4O3/c1-13(2)17-9-15(10-20-25-18-6-7-23-12-19(18)26-20)14(3)8-16(17)11-24-21(27)4-5-22(28)29/h6-8,12-13,15-17H,4-5,9-11H2,1-3H3,(H,24,27)(H,25,26)(H,28,29)/t15-,16-,17-/m0/s1. The Kier molecular flexibility index (Phi) is 6.67. The van der Waals surface area contributed by atoms with Crippen LogP contribution >= 0.6 is 0 Å². The largest absolute Gasteiger partial charge is 0.481 e. The first-order chi connectivity index (χ1) is 13.8. The number of amides is 1. The number of fused-ring (bicyclic) bond motifs is 1. The predicted octanol–water partition coefficient (Wildman–Crippen LogP) is 3.34. The Labute approximate surface area is 171 Å². The van der Waals surface area contributed by atoms with E-state index in [9.17, 15) is 9.59 Å². The van der Waals surface area contributed by atoms with Gasteiger partial charge in [0.2, 0.25) is 5.91 Å². The fraction of sp³-hybridized carbons (Fsp3) is 0.545. The SMILES string of the molecule is CC1=C[C@@H](CNC(=O)CCC(=O)O)[C@H](C(C)C)C[C@H]1Cc1nc2ccncc2[nH]1. The van der Waals surface area contributed by atoms with Gasteiger partial charge in [-0.05, 0) is 43.1 Å². The Hall–Kier alpha value is -2.70. The number of carboxylic acid groups (broad SMARTS) is 1. The Morgan fingerprint density at radius 1 is 1.34 bits per heavy atom. The molecule has 7 nitrogen and oxygen atoms in total. The maximum atomic E-state index is 11.9. The van der Waals surface area contributed by atoms with Gasteiger partial charge in [-0.2, -0.15) is 0 Å². The van der Waals surface area contributed by atoms with Gasteiger partial charge in [0.05, 0.1) is 23.7 Å². The fourth-order valence-electron chi connectivity index (χ4n) is 4.29. The summed E-state index contributed by atoms with van der Waals surface area (Å²) in [7, 11) is 0. The van der Waals surface area contributed by atoms with Crippen molar-refractivity contribution in [3.05, 3.63) is 35.9 Å². The van der Waals surface area contributed by atoms with Crippen molar-refractivity contribution in [2.75, 3.05) is 6.54 Å². The molecule has 29 heavy (non-hydrogen) atoms. The highest BCUT2D eigenvalue weighted by molar-refractivity contribution is 5.80. The van der Waals surface area contributed by atoms with Crippen LogP contribution in [0.15, 0.2) is 30.1 Å². The van der Waals surface area contributed by atoms with E-state index in [0.717, 1.165) is 29.7 Å². The number of hydrogen-bond acceptors (Lipinski definition) is 4. The van der Waals surface area contributed by atoms with Crippen molar-refractivity contribution in [1.82, 2.24) is 20.3 Å². The molecule has 0 radical (unpaired) electrons. The van der Waals surface area contributed by atoms with Crippen LogP contribution in [-0.4, -0.2) is 38.5 Å². The molecular weight excluding hydrogens is 368 g/mol. The third-order valence-electron chi connectivity index (χ3n) is 5.96. The molecule has 0 bridgehead atoms. The van der Waals surface area contributed by atoms with Crippen LogP contribution in [0.4, 0.5) is 0 Å². The number of carbonyl (C=O) groups is 2. The van der Waals surface area contributed by atoms with Crippen molar-refractivity contribution in [2.45, 2.75) is 46.5 Å². The van der Waals surface area contributed by atoms with Gasteiger partial charge in [0.25, 0.3) is 0 Å². The number of nitrogens with zero attached hydrogens (tertiary/aromatic N) is 2. The average molecular weight is 399 g/mol. The lowest BCUT2D eigenvalue weighted by Crippen LogP contribution is -2.37. The Morgan fingerprint density at radius 3 is 2.83 bits per heavy atom. The molecule has 0 fully saturated rings. The molecule has 2 aromatic rings. The summed E-state index contributed by atoms with van der Waals surface area (Å²) in [5.41, 5.74) is 3.22. The number of carboxylic acids is 1. The number of imidazole rings is 1. The smallest absolute Gasteiger partial charge is 0.303 e. The number of H-pyrrole nitrogens is 1. The van der Waals surface area contributed by atoms with E-state index >= 15 is 0 Å². The van der Waals surface area contributed by atoms with Gasteiger partial charge in [0.15, 0.2) is 0 Å². The molecule has 0 saturated heterocycles. The molecule has 1 amide bonds. The topological polar surface area (TPSA) is 108 Å². The van der Waals surface area contributed by atoms with Gasteiger partial charge in [-0.3, -0.25) is 14.6 Å². The summed E-state index contributed by atoms with van der Waals surface area (Å²) < 4.78 is 0. The molecule has 1 aliphatic carbocycles. The maximum Gasteiger partial charge on any atom is 0.303 e.